The predicted octanol–water partition coefficient (Wildman–Crippen LogP) is 6.17. The second kappa shape index (κ2) is 9.02. The lowest BCUT2D eigenvalue weighted by Crippen LogP contribution is -2.33. The van der Waals surface area contributed by atoms with Gasteiger partial charge in [0.2, 0.25) is 0 Å². The van der Waals surface area contributed by atoms with Crippen molar-refractivity contribution in [2.75, 3.05) is 5.32 Å². The van der Waals surface area contributed by atoms with Crippen LogP contribution in [0.3, 0.4) is 0 Å². The molecule has 2 heterocycles. The number of ether oxygens (including phenoxy) is 4. The maximum Gasteiger partial charge on any atom is 0.340 e. The summed E-state index contributed by atoms with van der Waals surface area (Å²) in [6.45, 7) is 4.20. The molecule has 0 saturated carbocycles. The molecule has 11 heteroatoms. The van der Waals surface area contributed by atoms with Crippen LogP contribution in [-0.4, -0.2) is 22.9 Å². The highest BCUT2D eigenvalue weighted by Crippen LogP contribution is 2.59. The molecule has 0 amide bonds. The van der Waals surface area contributed by atoms with E-state index in [9.17, 15) is 14.4 Å². The number of hydrogen-bond acceptors (Lipinski definition) is 8. The smallest absolute Gasteiger partial charge is 0.340 e. The van der Waals surface area contributed by atoms with Crippen molar-refractivity contribution in [2.45, 2.75) is 26.4 Å². The average Bonchev–Trinajstić information content (AvgIpc) is 3.08. The fraction of sp³-hybridized carbons (Fsp3) is 0.154. The number of carbonyl (C=O) groups excluding carboxylic acids is 3. The van der Waals surface area contributed by atoms with Crippen LogP contribution in [0.25, 0.3) is 0 Å². The van der Waals surface area contributed by atoms with Gasteiger partial charge in [0, 0.05) is 48.4 Å². The first kappa shape index (κ1) is 25.0. The molecule has 0 aromatic heterocycles. The van der Waals surface area contributed by atoms with Crippen LogP contribution in [-0.2, 0) is 19.9 Å². The first-order chi connectivity index (χ1) is 17.5. The van der Waals surface area contributed by atoms with E-state index in [4.69, 9.17) is 54.4 Å². The molecule has 3 aromatic carbocycles. The average molecular weight is 558 g/mol. The number of carbonyl (C=O) groups is 3. The summed E-state index contributed by atoms with van der Waals surface area (Å²) in [6, 6.07) is 11.0. The van der Waals surface area contributed by atoms with Crippen molar-refractivity contribution in [3.05, 3.63) is 74.8 Å². The fourth-order valence-corrected chi connectivity index (χ4v) is 4.99. The minimum atomic E-state index is -1.52. The van der Waals surface area contributed by atoms with Gasteiger partial charge in [0.1, 0.15) is 11.5 Å². The largest absolute Gasteiger partial charge is 0.456 e. The lowest BCUT2D eigenvalue weighted by Gasteiger charge is -2.37. The Morgan fingerprint density at radius 2 is 1.41 bits per heavy atom. The summed E-state index contributed by atoms with van der Waals surface area (Å²) in [6.07, 6.45) is 0. The van der Waals surface area contributed by atoms with Crippen molar-refractivity contribution in [1.29, 1.82) is 0 Å². The molecule has 2 aliphatic heterocycles. The van der Waals surface area contributed by atoms with Crippen LogP contribution >= 0.6 is 35.4 Å². The Balaban J connectivity index is 1.80. The number of nitrogens with one attached hydrogen (secondary N) is 1. The number of fused-ring (bicyclic) bond motifs is 6. The van der Waals surface area contributed by atoms with Crippen molar-refractivity contribution < 1.29 is 33.3 Å². The number of thiocarbonyl (C=S) groups is 1. The minimum Gasteiger partial charge on any atom is -0.456 e. The minimum absolute atomic E-state index is 0.0567. The third kappa shape index (κ3) is 4.19. The van der Waals surface area contributed by atoms with E-state index < -0.39 is 23.5 Å². The SMILES string of the molecule is CC(=O)Oc1cc2c(cc1Cl)C1(OC(=O)c3cc(NC(C)=S)ccc31)c1cc(Cl)c(OC(C)=O)cc1O2. The van der Waals surface area contributed by atoms with E-state index in [0.717, 1.165) is 0 Å². The highest BCUT2D eigenvalue weighted by atomic mass is 35.5. The van der Waals surface area contributed by atoms with E-state index >= 15 is 0 Å². The molecule has 8 nitrogen and oxygen atoms in total. The normalized spacial score (nSPS) is 14.0. The van der Waals surface area contributed by atoms with Crippen molar-refractivity contribution in [3.8, 4) is 23.0 Å². The number of esters is 3. The van der Waals surface area contributed by atoms with Gasteiger partial charge in [-0.15, -0.1) is 0 Å². The monoisotopic (exact) mass is 557 g/mol. The summed E-state index contributed by atoms with van der Waals surface area (Å²) in [5.74, 6) is -1.22. The quantitative estimate of drug-likeness (QED) is 0.230. The predicted molar refractivity (Wildman–Crippen MR) is 139 cm³/mol. The third-order valence-corrected chi connectivity index (χ3v) is 6.43. The van der Waals surface area contributed by atoms with E-state index in [2.05, 4.69) is 5.32 Å². The molecule has 0 bridgehead atoms. The molecule has 0 fully saturated rings. The molecule has 188 valence electrons. The zero-order valence-corrected chi connectivity index (χ0v) is 21.9. The summed E-state index contributed by atoms with van der Waals surface area (Å²) in [5, 5.41) is 3.21. The number of hydrogen-bond donors (Lipinski definition) is 1. The van der Waals surface area contributed by atoms with Crippen LogP contribution < -0.4 is 19.5 Å². The van der Waals surface area contributed by atoms with E-state index in [0.29, 0.717) is 32.9 Å². The van der Waals surface area contributed by atoms with Crippen LogP contribution in [0.1, 0.15) is 47.8 Å². The van der Waals surface area contributed by atoms with Crippen LogP contribution in [0, 0.1) is 0 Å². The molecule has 0 aliphatic carbocycles. The zero-order chi connectivity index (χ0) is 26.6. The van der Waals surface area contributed by atoms with Crippen LogP contribution in [0.5, 0.6) is 23.0 Å². The molecule has 0 atom stereocenters. The Kier molecular flexibility index (Phi) is 6.10. The van der Waals surface area contributed by atoms with Gasteiger partial charge in [-0.05, 0) is 31.2 Å². The van der Waals surface area contributed by atoms with Gasteiger partial charge in [-0.1, -0.05) is 41.5 Å². The Hall–Kier alpha value is -3.66. The summed E-state index contributed by atoms with van der Waals surface area (Å²) in [7, 11) is 0. The molecular formula is C26H17Cl2NO7S. The lowest BCUT2D eigenvalue weighted by atomic mass is 9.77. The van der Waals surface area contributed by atoms with Gasteiger partial charge < -0.3 is 24.3 Å². The Morgan fingerprint density at radius 1 is 0.865 bits per heavy atom. The third-order valence-electron chi connectivity index (χ3n) is 5.74. The second-order valence-corrected chi connectivity index (χ2v) is 9.79. The van der Waals surface area contributed by atoms with Crippen LogP contribution in [0.2, 0.25) is 10.0 Å². The second-order valence-electron chi connectivity index (χ2n) is 8.36. The van der Waals surface area contributed by atoms with Gasteiger partial charge >= 0.3 is 17.9 Å². The first-order valence-corrected chi connectivity index (χ1v) is 12.0. The highest BCUT2D eigenvalue weighted by Gasteiger charge is 2.54. The summed E-state index contributed by atoms with van der Waals surface area (Å²) >= 11 is 18.1. The molecule has 1 spiro atoms. The van der Waals surface area contributed by atoms with Gasteiger partial charge in [0.05, 0.1) is 20.6 Å². The zero-order valence-electron chi connectivity index (χ0n) is 19.6. The first-order valence-electron chi connectivity index (χ1n) is 10.9. The van der Waals surface area contributed by atoms with Crippen molar-refractivity contribution in [3.63, 3.8) is 0 Å². The topological polar surface area (TPSA) is 100 Å². The molecule has 0 radical (unpaired) electrons. The van der Waals surface area contributed by atoms with Crippen molar-refractivity contribution in [1.82, 2.24) is 0 Å². The Bertz CT molecular complexity index is 1480. The van der Waals surface area contributed by atoms with Gasteiger partial charge in [-0.2, -0.15) is 0 Å². The van der Waals surface area contributed by atoms with E-state index in [1.165, 1.54) is 38.1 Å². The standard InChI is InChI=1S/C26H17Cl2NO7S/c1-11(37)29-14-4-5-16-15(6-14)25(32)36-26(16)17-7-19(27)23(33-12(2)30)9-21(17)35-22-10-24(34-13(3)31)20(28)8-18(22)26/h4-10H,1-3H3,(H,29,37). The Labute approximate surface area is 226 Å². The fourth-order valence-electron chi connectivity index (χ4n) is 4.47. The summed E-state index contributed by atoms with van der Waals surface area (Å²) in [4.78, 5) is 37.0. The van der Waals surface area contributed by atoms with E-state index in [1.54, 1.807) is 25.1 Å². The van der Waals surface area contributed by atoms with Gasteiger partial charge in [0.25, 0.3) is 0 Å². The van der Waals surface area contributed by atoms with E-state index in [1.807, 2.05) is 0 Å². The van der Waals surface area contributed by atoms with Crippen LogP contribution in [0.4, 0.5) is 5.69 Å². The van der Waals surface area contributed by atoms with Crippen LogP contribution in [0.15, 0.2) is 42.5 Å². The van der Waals surface area contributed by atoms with Gasteiger partial charge in [-0.25, -0.2) is 4.79 Å². The number of anilines is 1. The maximum absolute atomic E-state index is 13.3. The Morgan fingerprint density at radius 3 is 1.89 bits per heavy atom. The molecule has 37 heavy (non-hydrogen) atoms. The van der Waals surface area contributed by atoms with Crippen molar-refractivity contribution >= 4 is 64.0 Å². The number of halogens is 2. The lowest BCUT2D eigenvalue weighted by molar-refractivity contribution is -0.132. The van der Waals surface area contributed by atoms with Gasteiger partial charge in [-0.3, -0.25) is 9.59 Å². The molecule has 0 saturated heterocycles. The molecule has 3 aromatic rings. The summed E-state index contributed by atoms with van der Waals surface area (Å²) < 4.78 is 22.7. The summed E-state index contributed by atoms with van der Waals surface area (Å²) in [5.41, 5.74) is 0.660. The number of rotatable bonds is 3. The maximum atomic E-state index is 13.3. The highest BCUT2D eigenvalue weighted by molar-refractivity contribution is 7.80. The molecule has 1 N–H and O–H groups in total. The van der Waals surface area contributed by atoms with E-state index in [-0.39, 0.29) is 33.0 Å². The van der Waals surface area contributed by atoms with Gasteiger partial charge in [0.15, 0.2) is 17.1 Å². The number of benzene rings is 3. The molecule has 2 aliphatic rings. The van der Waals surface area contributed by atoms with Crippen molar-refractivity contribution in [2.24, 2.45) is 0 Å². The molecule has 5 rings (SSSR count). The molecule has 0 unspecified atom stereocenters. The molecular weight excluding hydrogens is 541 g/mol.